The first-order valence-electron chi connectivity index (χ1n) is 5.16. The van der Waals surface area contributed by atoms with Crippen LogP contribution in [-0.4, -0.2) is 5.78 Å². The van der Waals surface area contributed by atoms with Crippen LogP contribution < -0.4 is 0 Å². The zero-order valence-corrected chi connectivity index (χ0v) is 8.10. The number of fused-ring (bicyclic) bond motifs is 1. The third-order valence-corrected chi connectivity index (χ3v) is 4.01. The van der Waals surface area contributed by atoms with Crippen molar-refractivity contribution < 1.29 is 4.79 Å². The largest absolute Gasteiger partial charge is 0.299 e. The Labute approximate surface area is 74.5 Å². The second kappa shape index (κ2) is 2.58. The summed E-state index contributed by atoms with van der Waals surface area (Å²) in [5, 5.41) is 0. The summed E-state index contributed by atoms with van der Waals surface area (Å²) in [6.07, 6.45) is 5.83. The van der Waals surface area contributed by atoms with Gasteiger partial charge in [0.05, 0.1) is 0 Å². The van der Waals surface area contributed by atoms with Crippen LogP contribution in [0.3, 0.4) is 0 Å². The van der Waals surface area contributed by atoms with Crippen molar-refractivity contribution in [2.75, 3.05) is 0 Å². The first kappa shape index (κ1) is 8.28. The quantitative estimate of drug-likeness (QED) is 0.541. The van der Waals surface area contributed by atoms with Crippen LogP contribution in [0.5, 0.6) is 0 Å². The van der Waals surface area contributed by atoms with Gasteiger partial charge in [-0.25, -0.2) is 0 Å². The van der Waals surface area contributed by atoms with E-state index in [0.29, 0.717) is 23.0 Å². The van der Waals surface area contributed by atoms with Crippen molar-refractivity contribution in [3.63, 3.8) is 0 Å². The summed E-state index contributed by atoms with van der Waals surface area (Å²) in [5.41, 5.74) is 0.384. The molecular weight excluding hydrogens is 148 g/mol. The fourth-order valence-electron chi connectivity index (χ4n) is 3.37. The predicted octanol–water partition coefficient (Wildman–Crippen LogP) is 2.79. The van der Waals surface area contributed by atoms with Crippen molar-refractivity contribution >= 4 is 5.78 Å². The molecule has 1 heteroatoms. The van der Waals surface area contributed by atoms with Gasteiger partial charge < -0.3 is 0 Å². The van der Waals surface area contributed by atoms with Crippen LogP contribution in [0.4, 0.5) is 0 Å². The molecule has 2 rings (SSSR count). The summed E-state index contributed by atoms with van der Waals surface area (Å²) in [6.45, 7) is 4.57. The smallest absolute Gasteiger partial charge is 0.136 e. The number of Topliss-reactive ketones (excluding diaryl/α,β-unsaturated/α-hetero) is 1. The maximum Gasteiger partial charge on any atom is 0.136 e. The molecule has 0 aromatic heterocycles. The highest BCUT2D eigenvalue weighted by atomic mass is 16.1. The first-order valence-corrected chi connectivity index (χ1v) is 5.16. The summed E-state index contributed by atoms with van der Waals surface area (Å²) in [7, 11) is 0. The first-order chi connectivity index (χ1) is 5.63. The number of carbonyl (C=O) groups is 1. The van der Waals surface area contributed by atoms with Crippen molar-refractivity contribution in [1.29, 1.82) is 0 Å². The zero-order valence-electron chi connectivity index (χ0n) is 8.10. The van der Waals surface area contributed by atoms with Crippen LogP contribution >= 0.6 is 0 Å². The Kier molecular flexibility index (Phi) is 1.78. The van der Waals surface area contributed by atoms with E-state index < -0.39 is 0 Å². The van der Waals surface area contributed by atoms with Gasteiger partial charge in [0, 0.05) is 12.3 Å². The minimum atomic E-state index is 0.384. The van der Waals surface area contributed by atoms with E-state index in [0.717, 1.165) is 12.8 Å². The Hall–Kier alpha value is -0.330. The molecule has 0 aromatic carbocycles. The molecule has 2 saturated carbocycles. The van der Waals surface area contributed by atoms with E-state index in [1.807, 2.05) is 0 Å². The molecule has 2 aliphatic rings. The lowest BCUT2D eigenvalue weighted by atomic mass is 9.67. The van der Waals surface area contributed by atoms with Gasteiger partial charge in [0.25, 0.3) is 0 Å². The third kappa shape index (κ3) is 1.02. The van der Waals surface area contributed by atoms with Crippen molar-refractivity contribution in [3.05, 3.63) is 0 Å². The molecule has 1 nitrogen and oxygen atoms in total. The van der Waals surface area contributed by atoms with E-state index in [2.05, 4.69) is 13.8 Å². The monoisotopic (exact) mass is 166 g/mol. The lowest BCUT2D eigenvalue weighted by Crippen LogP contribution is -2.35. The van der Waals surface area contributed by atoms with Crippen LogP contribution in [-0.2, 0) is 4.79 Å². The van der Waals surface area contributed by atoms with Gasteiger partial charge in [-0.1, -0.05) is 13.8 Å². The maximum absolute atomic E-state index is 11.7. The second-order valence-electron chi connectivity index (χ2n) is 4.97. The maximum atomic E-state index is 11.7. The van der Waals surface area contributed by atoms with Crippen LogP contribution in [0.1, 0.15) is 46.0 Å². The molecule has 0 saturated heterocycles. The molecule has 0 N–H and O–H groups in total. The Morgan fingerprint density at radius 1 is 1.42 bits per heavy atom. The Balaban J connectivity index is 2.26. The summed E-state index contributed by atoms with van der Waals surface area (Å²) in [5.74, 6) is 1.61. The summed E-state index contributed by atoms with van der Waals surface area (Å²) in [4.78, 5) is 11.7. The van der Waals surface area contributed by atoms with Gasteiger partial charge in [-0.3, -0.25) is 4.79 Å². The molecule has 0 heterocycles. The van der Waals surface area contributed by atoms with E-state index in [1.54, 1.807) is 0 Å². The summed E-state index contributed by atoms with van der Waals surface area (Å²) in [6, 6.07) is 0. The van der Waals surface area contributed by atoms with Crippen molar-refractivity contribution in [3.8, 4) is 0 Å². The van der Waals surface area contributed by atoms with E-state index in [9.17, 15) is 4.79 Å². The molecule has 68 valence electrons. The lowest BCUT2D eigenvalue weighted by Gasteiger charge is -2.36. The molecule has 0 amide bonds. The molecule has 0 bridgehead atoms. The standard InChI is InChI=1S/C11H18O/c1-8-5-7-11(2)6-3-4-9(12)10(8)11/h8,10H,3-7H2,1-2H3/t8-,10-,11-/m1/s1. The average Bonchev–Trinajstić information content (AvgIpc) is 2.29. The summed E-state index contributed by atoms with van der Waals surface area (Å²) < 4.78 is 0. The summed E-state index contributed by atoms with van der Waals surface area (Å²) >= 11 is 0. The van der Waals surface area contributed by atoms with Gasteiger partial charge in [-0.2, -0.15) is 0 Å². The highest BCUT2D eigenvalue weighted by Gasteiger charge is 2.48. The van der Waals surface area contributed by atoms with E-state index in [1.165, 1.54) is 19.3 Å². The van der Waals surface area contributed by atoms with Gasteiger partial charge in [-0.15, -0.1) is 0 Å². The Morgan fingerprint density at radius 2 is 2.17 bits per heavy atom. The van der Waals surface area contributed by atoms with Crippen LogP contribution in [0, 0.1) is 17.3 Å². The van der Waals surface area contributed by atoms with Gasteiger partial charge in [0.2, 0.25) is 0 Å². The van der Waals surface area contributed by atoms with Gasteiger partial charge in [0.15, 0.2) is 0 Å². The normalized spacial score (nSPS) is 47.7. The molecule has 12 heavy (non-hydrogen) atoms. The topological polar surface area (TPSA) is 17.1 Å². The van der Waals surface area contributed by atoms with Crippen LogP contribution in [0.15, 0.2) is 0 Å². The number of ketones is 1. The minimum Gasteiger partial charge on any atom is -0.299 e. The SMILES string of the molecule is C[C@@H]1CC[C@@]2(C)CCCC(=O)[C@@H]12. The van der Waals surface area contributed by atoms with Crippen LogP contribution in [0.25, 0.3) is 0 Å². The van der Waals surface area contributed by atoms with Gasteiger partial charge >= 0.3 is 0 Å². The number of rotatable bonds is 0. The molecule has 0 spiro atoms. The Bertz CT molecular complexity index is 205. The highest BCUT2D eigenvalue weighted by molar-refractivity contribution is 5.83. The second-order valence-corrected chi connectivity index (χ2v) is 4.97. The third-order valence-electron chi connectivity index (χ3n) is 4.01. The van der Waals surface area contributed by atoms with E-state index in [4.69, 9.17) is 0 Å². The fraction of sp³-hybridized carbons (Fsp3) is 0.909. The molecule has 0 unspecified atom stereocenters. The highest BCUT2D eigenvalue weighted by Crippen LogP contribution is 2.52. The minimum absolute atomic E-state index is 0.384. The number of hydrogen-bond acceptors (Lipinski definition) is 1. The fourth-order valence-corrected chi connectivity index (χ4v) is 3.37. The van der Waals surface area contributed by atoms with Crippen molar-refractivity contribution in [2.24, 2.45) is 17.3 Å². The lowest BCUT2D eigenvalue weighted by molar-refractivity contribution is -0.130. The molecule has 0 radical (unpaired) electrons. The molecule has 2 aliphatic carbocycles. The average molecular weight is 166 g/mol. The van der Waals surface area contributed by atoms with Crippen molar-refractivity contribution in [1.82, 2.24) is 0 Å². The van der Waals surface area contributed by atoms with Gasteiger partial charge in [-0.05, 0) is 37.0 Å². The van der Waals surface area contributed by atoms with E-state index >= 15 is 0 Å². The zero-order chi connectivity index (χ0) is 8.77. The number of carbonyl (C=O) groups excluding carboxylic acids is 1. The number of hydrogen-bond donors (Lipinski definition) is 0. The molecular formula is C11H18O. The Morgan fingerprint density at radius 3 is 2.83 bits per heavy atom. The van der Waals surface area contributed by atoms with E-state index in [-0.39, 0.29) is 0 Å². The van der Waals surface area contributed by atoms with Gasteiger partial charge in [0.1, 0.15) is 5.78 Å². The molecule has 0 aliphatic heterocycles. The predicted molar refractivity (Wildman–Crippen MR) is 48.9 cm³/mol. The van der Waals surface area contributed by atoms with Crippen molar-refractivity contribution in [2.45, 2.75) is 46.0 Å². The molecule has 0 aromatic rings. The molecule has 3 atom stereocenters. The van der Waals surface area contributed by atoms with Crippen LogP contribution in [0.2, 0.25) is 0 Å². The molecule has 2 fully saturated rings.